The Bertz CT molecular complexity index is 880. The van der Waals surface area contributed by atoms with E-state index in [1.54, 1.807) is 6.07 Å². The number of phenols is 2. The summed E-state index contributed by atoms with van der Waals surface area (Å²) in [5.41, 5.74) is -0.915. The van der Waals surface area contributed by atoms with Crippen LogP contribution >= 0.6 is 11.3 Å². The predicted molar refractivity (Wildman–Crippen MR) is 79.0 cm³/mol. The summed E-state index contributed by atoms with van der Waals surface area (Å²) in [4.78, 5) is 24.5. The van der Waals surface area contributed by atoms with Crippen LogP contribution in [-0.4, -0.2) is 31.2 Å². The molecule has 0 aliphatic heterocycles. The number of rotatable bonds is 4. The molecule has 0 fully saturated rings. The number of hydrogen-bond acceptors (Lipinski definition) is 8. The number of benzene rings is 1. The summed E-state index contributed by atoms with van der Waals surface area (Å²) < 4.78 is 0. The average Bonchev–Trinajstić information content (AvgIpc) is 2.97. The first-order chi connectivity index (χ1) is 10.8. The van der Waals surface area contributed by atoms with Crippen molar-refractivity contribution in [3.8, 4) is 17.6 Å². The third-order valence-electron chi connectivity index (χ3n) is 2.67. The number of aromatic hydroxyl groups is 2. The zero-order valence-corrected chi connectivity index (χ0v) is 11.9. The second kappa shape index (κ2) is 6.12. The van der Waals surface area contributed by atoms with Gasteiger partial charge in [0.1, 0.15) is 11.1 Å². The van der Waals surface area contributed by atoms with E-state index in [9.17, 15) is 25.1 Å². The van der Waals surface area contributed by atoms with Crippen LogP contribution < -0.4 is 0 Å². The summed E-state index contributed by atoms with van der Waals surface area (Å²) >= 11 is 0.919. The predicted octanol–water partition coefficient (Wildman–Crippen LogP) is 2.22. The number of carboxylic acids is 1. The Hall–Kier alpha value is -3.45. The number of carbonyl (C=O) groups is 1. The topological polar surface area (TPSA) is 158 Å². The second-order valence-corrected chi connectivity index (χ2v) is 5.04. The second-order valence-electron chi connectivity index (χ2n) is 4.18. The molecule has 9 nitrogen and oxygen atoms in total. The minimum absolute atomic E-state index is 0.0399. The summed E-state index contributed by atoms with van der Waals surface area (Å²) in [7, 11) is 0. The minimum Gasteiger partial charge on any atom is -0.504 e. The van der Waals surface area contributed by atoms with Crippen LogP contribution in [0.3, 0.4) is 0 Å². The van der Waals surface area contributed by atoms with E-state index >= 15 is 0 Å². The van der Waals surface area contributed by atoms with Crippen LogP contribution in [0.2, 0.25) is 0 Å². The van der Waals surface area contributed by atoms with E-state index in [-0.39, 0.29) is 21.8 Å². The van der Waals surface area contributed by atoms with Gasteiger partial charge in [0, 0.05) is 11.4 Å². The fraction of sp³-hybridized carbons (Fsp3) is 0. The van der Waals surface area contributed by atoms with Crippen LogP contribution in [0, 0.1) is 21.4 Å². The van der Waals surface area contributed by atoms with E-state index in [0.717, 1.165) is 23.5 Å². The average molecular weight is 333 g/mol. The maximum absolute atomic E-state index is 10.8. The highest BCUT2D eigenvalue weighted by atomic mass is 32.1. The minimum atomic E-state index is -1.25. The zero-order chi connectivity index (χ0) is 17.1. The number of thiazole rings is 1. The van der Waals surface area contributed by atoms with Crippen molar-refractivity contribution < 1.29 is 25.0 Å². The van der Waals surface area contributed by atoms with Gasteiger partial charge in [0.25, 0.3) is 0 Å². The molecule has 1 aromatic heterocycles. The maximum Gasteiger partial charge on any atom is 0.355 e. The van der Waals surface area contributed by atoms with E-state index in [1.807, 2.05) is 0 Å². The number of allylic oxidation sites excluding steroid dienone is 1. The van der Waals surface area contributed by atoms with E-state index in [4.69, 9.17) is 10.4 Å². The molecule has 116 valence electrons. The summed E-state index contributed by atoms with van der Waals surface area (Å²) in [5, 5.41) is 49.0. The molecule has 0 saturated carbocycles. The molecule has 1 heterocycles. The van der Waals surface area contributed by atoms with Crippen LogP contribution in [0.1, 0.15) is 21.1 Å². The van der Waals surface area contributed by atoms with Gasteiger partial charge in [0.05, 0.1) is 10.5 Å². The van der Waals surface area contributed by atoms with Crippen molar-refractivity contribution in [2.45, 2.75) is 0 Å². The first-order valence-corrected chi connectivity index (χ1v) is 6.72. The van der Waals surface area contributed by atoms with Gasteiger partial charge in [-0.05, 0) is 17.7 Å². The summed E-state index contributed by atoms with van der Waals surface area (Å²) in [6, 6.07) is 3.81. The number of nitrogens with zero attached hydrogens (tertiary/aromatic N) is 3. The molecule has 10 heteroatoms. The lowest BCUT2D eigenvalue weighted by Crippen LogP contribution is -1.96. The Morgan fingerprint density at radius 2 is 2.13 bits per heavy atom. The molecule has 0 bridgehead atoms. The third kappa shape index (κ3) is 3.25. The fourth-order valence-corrected chi connectivity index (χ4v) is 2.41. The molecule has 0 aliphatic rings. The number of nitriles is 1. The highest BCUT2D eigenvalue weighted by Crippen LogP contribution is 2.37. The van der Waals surface area contributed by atoms with Crippen molar-refractivity contribution in [3.05, 3.63) is 43.9 Å². The number of nitro benzene ring substituents is 1. The quantitative estimate of drug-likeness (QED) is 0.332. The molecule has 0 aliphatic carbocycles. The molecule has 23 heavy (non-hydrogen) atoms. The Kier molecular flexibility index (Phi) is 4.24. The molecule has 1 aromatic carbocycles. The molecular weight excluding hydrogens is 326 g/mol. The molecule has 0 saturated heterocycles. The Labute approximate surface area is 132 Å². The molecule has 0 spiro atoms. The molecular formula is C13H7N3O6S. The van der Waals surface area contributed by atoms with Crippen molar-refractivity contribution in [1.29, 1.82) is 5.26 Å². The van der Waals surface area contributed by atoms with E-state index < -0.39 is 28.1 Å². The standard InChI is InChI=1S/C13H7N3O6S/c14-4-7(12-15-8(5-23-12)13(19)20)1-6-2-9(16(21)22)11(18)10(17)3-6/h1-3,5,17-18H,(H,19,20)/b7-1+. The van der Waals surface area contributed by atoms with Gasteiger partial charge in [-0.25, -0.2) is 9.78 Å². The van der Waals surface area contributed by atoms with Crippen LogP contribution in [0.4, 0.5) is 5.69 Å². The Morgan fingerprint density at radius 1 is 1.43 bits per heavy atom. The molecule has 0 atom stereocenters. The van der Waals surface area contributed by atoms with Crippen molar-refractivity contribution in [2.24, 2.45) is 0 Å². The SMILES string of the molecule is N#C/C(=C\c1cc(O)c(O)c([N+](=O)[O-])c1)c1nc(C(=O)O)cs1. The lowest BCUT2D eigenvalue weighted by atomic mass is 10.1. The summed E-state index contributed by atoms with van der Waals surface area (Å²) in [6.07, 6.45) is 1.19. The van der Waals surface area contributed by atoms with E-state index in [2.05, 4.69) is 4.98 Å². The normalized spacial score (nSPS) is 11.0. The lowest BCUT2D eigenvalue weighted by Gasteiger charge is -2.01. The molecule has 3 N–H and O–H groups in total. The van der Waals surface area contributed by atoms with Crippen molar-refractivity contribution in [1.82, 2.24) is 4.98 Å². The van der Waals surface area contributed by atoms with Crippen molar-refractivity contribution in [2.75, 3.05) is 0 Å². The van der Waals surface area contributed by atoms with Gasteiger partial charge < -0.3 is 15.3 Å². The Balaban J connectivity index is 2.52. The number of phenolic OH excluding ortho intramolecular Hbond substituents is 2. The zero-order valence-electron chi connectivity index (χ0n) is 11.1. The molecule has 2 rings (SSSR count). The van der Waals surface area contributed by atoms with Gasteiger partial charge >= 0.3 is 11.7 Å². The summed E-state index contributed by atoms with van der Waals surface area (Å²) in [5.74, 6) is -2.84. The molecule has 0 amide bonds. The van der Waals surface area contributed by atoms with Gasteiger partial charge in [-0.15, -0.1) is 11.3 Å². The maximum atomic E-state index is 10.8. The summed E-state index contributed by atoms with van der Waals surface area (Å²) in [6.45, 7) is 0. The number of carboxylic acid groups (broad SMARTS) is 1. The van der Waals surface area contributed by atoms with Gasteiger partial charge in [0.2, 0.25) is 5.75 Å². The first-order valence-electron chi connectivity index (χ1n) is 5.85. The number of aromatic carboxylic acids is 1. The van der Waals surface area contributed by atoms with Crippen LogP contribution in [0.5, 0.6) is 11.5 Å². The highest BCUT2D eigenvalue weighted by Gasteiger charge is 2.19. The molecule has 0 radical (unpaired) electrons. The number of aromatic nitrogens is 1. The largest absolute Gasteiger partial charge is 0.504 e. The van der Waals surface area contributed by atoms with Gasteiger partial charge in [-0.3, -0.25) is 10.1 Å². The number of nitro groups is 1. The Morgan fingerprint density at radius 3 is 2.65 bits per heavy atom. The van der Waals surface area contributed by atoms with Crippen molar-refractivity contribution >= 4 is 34.6 Å². The number of hydrogen-bond donors (Lipinski definition) is 3. The lowest BCUT2D eigenvalue weighted by molar-refractivity contribution is -0.386. The third-order valence-corrected chi connectivity index (χ3v) is 3.55. The highest BCUT2D eigenvalue weighted by molar-refractivity contribution is 7.11. The van der Waals surface area contributed by atoms with Gasteiger partial charge in [-0.2, -0.15) is 5.26 Å². The van der Waals surface area contributed by atoms with Crippen molar-refractivity contribution in [3.63, 3.8) is 0 Å². The fourth-order valence-electron chi connectivity index (χ4n) is 1.65. The molecule has 2 aromatic rings. The van der Waals surface area contributed by atoms with Crippen LogP contribution in [0.25, 0.3) is 11.6 Å². The van der Waals surface area contributed by atoms with E-state index in [0.29, 0.717) is 0 Å². The van der Waals surface area contributed by atoms with Gasteiger partial charge in [-0.1, -0.05) is 0 Å². The monoisotopic (exact) mass is 333 g/mol. The van der Waals surface area contributed by atoms with E-state index in [1.165, 1.54) is 11.5 Å². The van der Waals surface area contributed by atoms with Gasteiger partial charge in [0.15, 0.2) is 11.4 Å². The van der Waals surface area contributed by atoms with Crippen LogP contribution in [-0.2, 0) is 0 Å². The first kappa shape index (κ1) is 15.9. The van der Waals surface area contributed by atoms with Crippen LogP contribution in [0.15, 0.2) is 17.5 Å². The molecule has 0 unspecified atom stereocenters. The smallest absolute Gasteiger partial charge is 0.355 e.